The first-order valence-corrected chi connectivity index (χ1v) is 10.7. The number of hydrogen-bond donors (Lipinski definition) is 0. The van der Waals surface area contributed by atoms with Crippen LogP contribution in [0.15, 0.2) is 22.3 Å². The molecule has 0 aromatic carbocycles. The maximum Gasteiger partial charge on any atom is 0.236 e. The molecule has 146 valence electrons. The fourth-order valence-electron chi connectivity index (χ4n) is 5.86. The molecule has 3 saturated heterocycles. The van der Waals surface area contributed by atoms with E-state index in [-0.39, 0.29) is 35.9 Å². The Balaban J connectivity index is 1.27. The normalized spacial score (nSPS) is 36.1. The van der Waals surface area contributed by atoms with Crippen molar-refractivity contribution in [3.8, 4) is 0 Å². The molecule has 1 aliphatic carbocycles. The van der Waals surface area contributed by atoms with Crippen LogP contribution in [0.1, 0.15) is 52.4 Å². The van der Waals surface area contributed by atoms with Gasteiger partial charge in [-0.2, -0.15) is 0 Å². The van der Waals surface area contributed by atoms with Gasteiger partial charge in [-0.25, -0.2) is 0 Å². The van der Waals surface area contributed by atoms with E-state index in [2.05, 4.69) is 18.7 Å². The molecule has 0 spiro atoms. The van der Waals surface area contributed by atoms with E-state index in [0.717, 1.165) is 38.9 Å². The Kier molecular flexibility index (Phi) is 4.28. The monoisotopic (exact) mass is 370 g/mol. The fraction of sp³-hybridized carbons (Fsp3) is 0.727. The van der Waals surface area contributed by atoms with Gasteiger partial charge in [0.2, 0.25) is 11.8 Å². The van der Waals surface area contributed by atoms with Crippen molar-refractivity contribution < 1.29 is 14.3 Å². The number of imide groups is 1. The van der Waals surface area contributed by atoms with E-state index in [4.69, 9.17) is 4.74 Å². The second kappa shape index (κ2) is 6.56. The van der Waals surface area contributed by atoms with Crippen LogP contribution in [0, 0.1) is 11.8 Å². The molecular formula is C22H30N2O3. The lowest BCUT2D eigenvalue weighted by Gasteiger charge is -2.28. The number of carbonyl (C=O) groups is 2. The number of piperidine rings is 1. The Morgan fingerprint density at radius 2 is 1.41 bits per heavy atom. The summed E-state index contributed by atoms with van der Waals surface area (Å²) in [4.78, 5) is 30.2. The molecule has 2 amide bonds. The quantitative estimate of drug-likeness (QED) is 0.564. The zero-order valence-electron chi connectivity index (χ0n) is 16.5. The highest BCUT2D eigenvalue weighted by molar-refractivity contribution is 6.07. The van der Waals surface area contributed by atoms with E-state index < -0.39 is 0 Å². The molecule has 4 aliphatic heterocycles. The van der Waals surface area contributed by atoms with Crippen LogP contribution in [0.3, 0.4) is 0 Å². The molecule has 3 fully saturated rings. The lowest BCUT2D eigenvalue weighted by Crippen LogP contribution is -2.38. The summed E-state index contributed by atoms with van der Waals surface area (Å²) >= 11 is 0. The Morgan fingerprint density at radius 1 is 0.852 bits per heavy atom. The van der Waals surface area contributed by atoms with E-state index in [0.29, 0.717) is 6.54 Å². The van der Waals surface area contributed by atoms with Gasteiger partial charge in [0.25, 0.3) is 0 Å². The molecule has 4 unspecified atom stereocenters. The van der Waals surface area contributed by atoms with Crippen LogP contribution < -0.4 is 0 Å². The SMILES string of the molecule is CC1=C(C)CC2=C(C1)C1OC2C2C(=O)N(CCCN3CCCCC3)C(=O)C12. The summed E-state index contributed by atoms with van der Waals surface area (Å²) < 4.78 is 6.19. The van der Waals surface area contributed by atoms with Crippen LogP contribution in [0.2, 0.25) is 0 Å². The van der Waals surface area contributed by atoms with Crippen molar-refractivity contribution in [1.82, 2.24) is 9.80 Å². The van der Waals surface area contributed by atoms with Crippen LogP contribution in [0.5, 0.6) is 0 Å². The number of fused-ring (bicyclic) bond motifs is 7. The number of rotatable bonds is 4. The third-order valence-corrected chi connectivity index (χ3v) is 7.48. The van der Waals surface area contributed by atoms with E-state index in [1.54, 1.807) is 4.90 Å². The minimum absolute atomic E-state index is 0.0200. The van der Waals surface area contributed by atoms with Gasteiger partial charge in [-0.05, 0) is 76.7 Å². The molecule has 5 aliphatic rings. The molecule has 5 heteroatoms. The number of amides is 2. The number of allylic oxidation sites excluding steroid dienone is 2. The van der Waals surface area contributed by atoms with Crippen LogP contribution in [0.25, 0.3) is 0 Å². The predicted molar refractivity (Wildman–Crippen MR) is 102 cm³/mol. The molecule has 5 rings (SSSR count). The second-order valence-corrected chi connectivity index (χ2v) is 9.08. The van der Waals surface area contributed by atoms with Crippen molar-refractivity contribution in [2.45, 2.75) is 64.6 Å². The minimum Gasteiger partial charge on any atom is -0.365 e. The molecule has 4 heterocycles. The molecule has 0 aromatic rings. The first-order chi connectivity index (χ1) is 13.1. The third kappa shape index (κ3) is 2.65. The molecule has 4 atom stereocenters. The summed E-state index contributed by atoms with van der Waals surface area (Å²) in [5.41, 5.74) is 5.41. The van der Waals surface area contributed by atoms with Crippen molar-refractivity contribution >= 4 is 11.8 Å². The number of carbonyl (C=O) groups excluding carboxylic acids is 2. The van der Waals surface area contributed by atoms with Gasteiger partial charge in [0, 0.05) is 6.54 Å². The maximum absolute atomic E-state index is 13.1. The molecule has 0 aromatic heterocycles. The Hall–Kier alpha value is -1.46. The van der Waals surface area contributed by atoms with E-state index in [9.17, 15) is 9.59 Å². The summed E-state index contributed by atoms with van der Waals surface area (Å²) in [6.07, 6.45) is 6.30. The van der Waals surface area contributed by atoms with Crippen molar-refractivity contribution in [2.24, 2.45) is 11.8 Å². The zero-order valence-corrected chi connectivity index (χ0v) is 16.5. The average molecular weight is 370 g/mol. The van der Waals surface area contributed by atoms with Crippen molar-refractivity contribution in [2.75, 3.05) is 26.2 Å². The van der Waals surface area contributed by atoms with Crippen LogP contribution in [-0.2, 0) is 14.3 Å². The van der Waals surface area contributed by atoms with Gasteiger partial charge >= 0.3 is 0 Å². The number of hydrogen-bond acceptors (Lipinski definition) is 4. The molecule has 5 nitrogen and oxygen atoms in total. The Labute approximate surface area is 161 Å². The van der Waals surface area contributed by atoms with E-state index >= 15 is 0 Å². The summed E-state index contributed by atoms with van der Waals surface area (Å²) in [6.45, 7) is 8.24. The fourth-order valence-corrected chi connectivity index (χ4v) is 5.86. The summed E-state index contributed by atoms with van der Waals surface area (Å²) in [7, 11) is 0. The van der Waals surface area contributed by atoms with Gasteiger partial charge in [-0.1, -0.05) is 17.6 Å². The molecule has 0 saturated carbocycles. The highest BCUT2D eigenvalue weighted by Crippen LogP contribution is 2.55. The molecule has 0 N–H and O–H groups in total. The van der Waals surface area contributed by atoms with Gasteiger partial charge in [-0.15, -0.1) is 0 Å². The van der Waals surface area contributed by atoms with Crippen molar-refractivity contribution in [3.63, 3.8) is 0 Å². The molecule has 0 radical (unpaired) electrons. The summed E-state index contributed by atoms with van der Waals surface area (Å²) in [5.74, 6) is -0.483. The molecule has 2 bridgehead atoms. The van der Waals surface area contributed by atoms with Gasteiger partial charge < -0.3 is 9.64 Å². The first-order valence-electron chi connectivity index (χ1n) is 10.7. The van der Waals surface area contributed by atoms with Crippen LogP contribution in [0.4, 0.5) is 0 Å². The largest absolute Gasteiger partial charge is 0.365 e. The maximum atomic E-state index is 13.1. The van der Waals surface area contributed by atoms with Gasteiger partial charge in [0.15, 0.2) is 0 Å². The average Bonchev–Trinajstić information content (AvgIpc) is 3.29. The molecular weight excluding hydrogens is 340 g/mol. The second-order valence-electron chi connectivity index (χ2n) is 9.08. The van der Waals surface area contributed by atoms with Crippen molar-refractivity contribution in [3.05, 3.63) is 22.3 Å². The van der Waals surface area contributed by atoms with Gasteiger partial charge in [0.1, 0.15) is 0 Å². The Bertz CT molecular complexity index is 699. The zero-order chi connectivity index (χ0) is 18.7. The standard InChI is InChI=1S/C22H30N2O3/c1-13-11-15-16(12-14(13)2)20-18-17(19(15)27-20)21(25)24(22(18)26)10-6-9-23-7-4-3-5-8-23/h17-20H,3-12H2,1-2H3. The smallest absolute Gasteiger partial charge is 0.236 e. The van der Waals surface area contributed by atoms with Gasteiger partial charge in [0.05, 0.1) is 24.0 Å². The van der Waals surface area contributed by atoms with E-state index in [1.807, 2.05) is 0 Å². The number of ether oxygens (including phenoxy) is 1. The van der Waals surface area contributed by atoms with Crippen molar-refractivity contribution in [1.29, 1.82) is 0 Å². The summed E-state index contributed by atoms with van der Waals surface area (Å²) in [5, 5.41) is 0. The highest BCUT2D eigenvalue weighted by atomic mass is 16.5. The molecule has 27 heavy (non-hydrogen) atoms. The lowest BCUT2D eigenvalue weighted by atomic mass is 9.71. The minimum atomic E-state index is -0.262. The topological polar surface area (TPSA) is 49.9 Å². The lowest BCUT2D eigenvalue weighted by molar-refractivity contribution is -0.142. The van der Waals surface area contributed by atoms with Crippen LogP contribution >= 0.6 is 0 Å². The van der Waals surface area contributed by atoms with E-state index in [1.165, 1.54) is 41.6 Å². The number of likely N-dealkylation sites (tertiary alicyclic amines) is 2. The highest BCUT2D eigenvalue weighted by Gasteiger charge is 2.64. The van der Waals surface area contributed by atoms with Gasteiger partial charge in [-0.3, -0.25) is 14.5 Å². The Morgan fingerprint density at radius 3 is 1.96 bits per heavy atom. The third-order valence-electron chi connectivity index (χ3n) is 7.48. The predicted octanol–water partition coefficient (Wildman–Crippen LogP) is 2.67. The van der Waals surface area contributed by atoms with Crippen LogP contribution in [-0.4, -0.2) is 60.0 Å². The first kappa shape index (κ1) is 17.6. The number of nitrogens with zero attached hydrogens (tertiary/aromatic N) is 2. The summed E-state index contributed by atoms with van der Waals surface area (Å²) in [6, 6.07) is 0.